The van der Waals surface area contributed by atoms with E-state index in [1.165, 1.54) is 16.4 Å². The lowest BCUT2D eigenvalue weighted by molar-refractivity contribution is -0.132. The molecule has 0 radical (unpaired) electrons. The van der Waals surface area contributed by atoms with Gasteiger partial charge in [0.15, 0.2) is 0 Å². The van der Waals surface area contributed by atoms with Crippen LogP contribution in [0.4, 0.5) is 4.39 Å². The molecule has 34 heavy (non-hydrogen) atoms. The Labute approximate surface area is 205 Å². The summed E-state index contributed by atoms with van der Waals surface area (Å²) in [5.41, 5.74) is 0.780. The molecule has 0 unspecified atom stereocenters. The first-order valence-corrected chi connectivity index (χ1v) is 13.6. The summed E-state index contributed by atoms with van der Waals surface area (Å²) in [4.78, 5) is 17.5. The molecule has 1 aromatic heterocycles. The van der Waals surface area contributed by atoms with E-state index in [1.807, 2.05) is 32.9 Å². The van der Waals surface area contributed by atoms with Crippen LogP contribution in [-0.4, -0.2) is 36.6 Å². The molecular weight excluding hydrogens is 471 g/mol. The van der Waals surface area contributed by atoms with Gasteiger partial charge in [-0.25, -0.2) is 12.8 Å². The third kappa shape index (κ3) is 6.98. The van der Waals surface area contributed by atoms with Gasteiger partial charge in [0.05, 0.1) is 18.0 Å². The van der Waals surface area contributed by atoms with Crippen LogP contribution in [-0.2, 0) is 27.9 Å². The number of nitrogens with zero attached hydrogens (tertiary/aromatic N) is 2. The highest BCUT2D eigenvalue weighted by molar-refractivity contribution is 7.89. The molecule has 0 aliphatic rings. The number of carbonyl (C=O) groups excluding carboxylic acids is 1. The van der Waals surface area contributed by atoms with E-state index in [0.717, 1.165) is 21.7 Å². The first-order chi connectivity index (χ1) is 16.2. The van der Waals surface area contributed by atoms with Crippen LogP contribution < -0.4 is 0 Å². The van der Waals surface area contributed by atoms with Crippen LogP contribution in [0.15, 0.2) is 71.6 Å². The first-order valence-electron chi connectivity index (χ1n) is 11.3. The fourth-order valence-corrected chi connectivity index (χ4v) is 5.95. The summed E-state index contributed by atoms with van der Waals surface area (Å²) in [5, 5.41) is 0. The summed E-state index contributed by atoms with van der Waals surface area (Å²) < 4.78 is 41.5. The van der Waals surface area contributed by atoms with E-state index in [0.29, 0.717) is 6.54 Å². The maximum atomic E-state index is 13.5. The quantitative estimate of drug-likeness (QED) is 0.350. The Hall–Kier alpha value is -2.55. The van der Waals surface area contributed by atoms with Crippen molar-refractivity contribution in [2.75, 3.05) is 13.1 Å². The molecule has 0 saturated carbocycles. The molecule has 3 aromatic rings. The third-order valence-electron chi connectivity index (χ3n) is 5.69. The lowest BCUT2D eigenvalue weighted by Gasteiger charge is -2.28. The van der Waals surface area contributed by atoms with Gasteiger partial charge in [-0.05, 0) is 54.8 Å². The van der Waals surface area contributed by atoms with E-state index in [4.69, 9.17) is 0 Å². The van der Waals surface area contributed by atoms with E-state index in [1.54, 1.807) is 58.7 Å². The van der Waals surface area contributed by atoms with Crippen molar-refractivity contribution in [2.45, 2.75) is 45.2 Å². The second-order valence-electron chi connectivity index (χ2n) is 8.51. The Morgan fingerprint density at radius 1 is 1.00 bits per heavy atom. The average molecular weight is 503 g/mol. The fourth-order valence-electron chi connectivity index (χ4n) is 3.52. The minimum atomic E-state index is -3.84. The lowest BCUT2D eigenvalue weighted by atomic mass is 10.1. The van der Waals surface area contributed by atoms with E-state index in [9.17, 15) is 17.6 Å². The van der Waals surface area contributed by atoms with Crippen molar-refractivity contribution in [3.63, 3.8) is 0 Å². The smallest absolute Gasteiger partial charge is 0.243 e. The molecule has 0 aliphatic heterocycles. The number of carbonyl (C=O) groups is 1. The second-order valence-corrected chi connectivity index (χ2v) is 11.8. The van der Waals surface area contributed by atoms with Gasteiger partial charge < -0.3 is 4.90 Å². The Bertz CT molecular complexity index is 1180. The zero-order valence-corrected chi connectivity index (χ0v) is 21.4. The summed E-state index contributed by atoms with van der Waals surface area (Å²) in [6.45, 7) is 6.59. The summed E-state index contributed by atoms with van der Waals surface area (Å²) in [6.07, 6.45) is 0.794. The average Bonchev–Trinajstić information content (AvgIpc) is 3.24. The predicted molar refractivity (Wildman–Crippen MR) is 134 cm³/mol. The van der Waals surface area contributed by atoms with Gasteiger partial charge in [0.1, 0.15) is 5.82 Å². The molecule has 0 bridgehead atoms. The zero-order chi connectivity index (χ0) is 24.7. The molecule has 1 atom stereocenters. The molecular formula is C26H31FN2O3S2. The molecule has 1 heterocycles. The van der Waals surface area contributed by atoms with Crippen molar-refractivity contribution in [2.24, 2.45) is 5.92 Å². The molecule has 0 aliphatic carbocycles. The van der Waals surface area contributed by atoms with Crippen molar-refractivity contribution in [3.05, 3.63) is 87.9 Å². The second kappa shape index (κ2) is 11.7. The molecule has 0 N–H and O–H groups in total. The molecule has 0 saturated heterocycles. The molecule has 8 heteroatoms. The van der Waals surface area contributed by atoms with Gasteiger partial charge in [-0.1, -0.05) is 50.6 Å². The minimum Gasteiger partial charge on any atom is -0.332 e. The van der Waals surface area contributed by atoms with Crippen molar-refractivity contribution >= 4 is 27.3 Å². The minimum absolute atomic E-state index is 0.0942. The maximum absolute atomic E-state index is 13.5. The van der Waals surface area contributed by atoms with Crippen LogP contribution in [0, 0.1) is 18.7 Å². The van der Waals surface area contributed by atoms with Gasteiger partial charge >= 0.3 is 0 Å². The van der Waals surface area contributed by atoms with Crippen molar-refractivity contribution in [1.82, 2.24) is 9.21 Å². The third-order valence-corrected chi connectivity index (χ3v) is 8.50. The highest BCUT2D eigenvalue weighted by atomic mass is 32.2. The van der Waals surface area contributed by atoms with E-state index >= 15 is 0 Å². The summed E-state index contributed by atoms with van der Waals surface area (Å²) in [7, 11) is -3.84. The monoisotopic (exact) mass is 502 g/mol. The zero-order valence-electron chi connectivity index (χ0n) is 19.8. The Morgan fingerprint density at radius 3 is 2.26 bits per heavy atom. The van der Waals surface area contributed by atoms with Crippen LogP contribution in [0.2, 0.25) is 0 Å². The molecule has 182 valence electrons. The summed E-state index contributed by atoms with van der Waals surface area (Å²) in [5.74, 6) is -0.542. The highest BCUT2D eigenvalue weighted by Gasteiger charge is 2.29. The van der Waals surface area contributed by atoms with Crippen LogP contribution >= 0.6 is 11.3 Å². The number of rotatable bonds is 11. The number of aryl methyl sites for hydroxylation is 1. The fraction of sp³-hybridized carbons (Fsp3) is 0.346. The Balaban J connectivity index is 1.88. The molecule has 1 amide bonds. The van der Waals surface area contributed by atoms with Gasteiger partial charge in [-0.2, -0.15) is 4.31 Å². The number of hydrogen-bond acceptors (Lipinski definition) is 4. The van der Waals surface area contributed by atoms with Gasteiger partial charge in [-0.3, -0.25) is 4.79 Å². The van der Waals surface area contributed by atoms with E-state index in [2.05, 4.69) is 0 Å². The van der Waals surface area contributed by atoms with Gasteiger partial charge in [0, 0.05) is 22.8 Å². The number of halogens is 1. The number of benzene rings is 2. The number of hydrogen-bond donors (Lipinski definition) is 0. The largest absolute Gasteiger partial charge is 0.332 e. The van der Waals surface area contributed by atoms with Crippen molar-refractivity contribution in [3.8, 4) is 0 Å². The maximum Gasteiger partial charge on any atom is 0.243 e. The van der Waals surface area contributed by atoms with Crippen LogP contribution in [0.3, 0.4) is 0 Å². The molecule has 5 nitrogen and oxygen atoms in total. The van der Waals surface area contributed by atoms with E-state index in [-0.39, 0.29) is 42.2 Å². The Morgan fingerprint density at radius 2 is 1.68 bits per heavy atom. The number of amides is 1. The summed E-state index contributed by atoms with van der Waals surface area (Å²) in [6, 6.07) is 18.2. The number of thiophene rings is 1. The summed E-state index contributed by atoms with van der Waals surface area (Å²) >= 11 is 1.60. The van der Waals surface area contributed by atoms with Gasteiger partial charge in [0.25, 0.3) is 0 Å². The van der Waals surface area contributed by atoms with Gasteiger partial charge in [-0.15, -0.1) is 11.3 Å². The first kappa shape index (κ1) is 26.1. The van der Waals surface area contributed by atoms with Crippen molar-refractivity contribution < 1.29 is 17.6 Å². The van der Waals surface area contributed by atoms with Crippen LogP contribution in [0.1, 0.15) is 35.6 Å². The molecule has 0 spiro atoms. The predicted octanol–water partition coefficient (Wildman–Crippen LogP) is 5.46. The molecule has 3 rings (SSSR count). The molecule has 0 fully saturated rings. The van der Waals surface area contributed by atoms with Gasteiger partial charge in [0.2, 0.25) is 15.9 Å². The normalized spacial score (nSPS) is 12.6. The molecule has 2 aromatic carbocycles. The highest BCUT2D eigenvalue weighted by Crippen LogP contribution is 2.21. The number of sulfonamides is 1. The lowest BCUT2D eigenvalue weighted by Crippen LogP contribution is -2.44. The standard InChI is InChI=1S/C26H31FN2O3S2/c1-4-20(2)16-29(34(31,32)25-8-6-5-7-9-25)19-26(30)28(18-24-15-10-21(3)33-24)17-22-11-13-23(27)14-12-22/h5-15,20H,4,16-19H2,1-3H3/t20-/m0/s1. The SMILES string of the molecule is CC[C@H](C)CN(CC(=O)N(Cc1ccc(F)cc1)Cc1ccc(C)s1)S(=O)(=O)c1ccccc1. The van der Waals surface area contributed by atoms with Crippen LogP contribution in [0.25, 0.3) is 0 Å². The van der Waals surface area contributed by atoms with Crippen LogP contribution in [0.5, 0.6) is 0 Å². The topological polar surface area (TPSA) is 57.7 Å². The van der Waals surface area contributed by atoms with Crippen molar-refractivity contribution in [1.29, 1.82) is 0 Å². The Kier molecular flexibility index (Phi) is 8.99. The van der Waals surface area contributed by atoms with E-state index < -0.39 is 10.0 Å².